The second-order valence-corrected chi connectivity index (χ2v) is 8.70. The highest BCUT2D eigenvalue weighted by Crippen LogP contribution is 2.40. The Kier molecular flexibility index (Phi) is 7.87. The van der Waals surface area contributed by atoms with E-state index in [1.165, 1.54) is 5.01 Å². The van der Waals surface area contributed by atoms with Crippen LogP contribution in [0.5, 0.6) is 5.75 Å². The van der Waals surface area contributed by atoms with Crippen molar-refractivity contribution in [1.29, 1.82) is 0 Å². The van der Waals surface area contributed by atoms with E-state index in [1.54, 1.807) is 30.4 Å². The highest BCUT2D eigenvalue weighted by molar-refractivity contribution is 6.54. The number of hydrogen-bond acceptors (Lipinski definition) is 5. The van der Waals surface area contributed by atoms with Gasteiger partial charge in [0.1, 0.15) is 0 Å². The third-order valence-electron chi connectivity index (χ3n) is 5.81. The summed E-state index contributed by atoms with van der Waals surface area (Å²) in [5, 5.41) is 9.17. The summed E-state index contributed by atoms with van der Waals surface area (Å²) >= 11 is 6.17. The Hall–Kier alpha value is -3.58. The SMILES string of the molecule is CCCCCCNC(=O)C1=NN(c2ccccc2)C(=O)/C1=C\C=C1/Oc2ccc(Cl)cc2N1CC. The highest BCUT2D eigenvalue weighted by Gasteiger charge is 2.35. The molecule has 4 rings (SSSR count). The van der Waals surface area contributed by atoms with E-state index in [-0.39, 0.29) is 23.1 Å². The van der Waals surface area contributed by atoms with Gasteiger partial charge >= 0.3 is 0 Å². The number of nitrogens with one attached hydrogen (secondary N) is 1. The molecule has 2 aliphatic rings. The first kappa shape index (κ1) is 24.5. The summed E-state index contributed by atoms with van der Waals surface area (Å²) in [6, 6.07) is 14.5. The second-order valence-electron chi connectivity index (χ2n) is 8.26. The molecule has 35 heavy (non-hydrogen) atoms. The molecule has 8 heteroatoms. The van der Waals surface area contributed by atoms with Crippen LogP contribution < -0.4 is 20.0 Å². The number of ether oxygens (including phenoxy) is 1. The maximum absolute atomic E-state index is 13.3. The lowest BCUT2D eigenvalue weighted by molar-refractivity contribution is -0.116. The number of anilines is 2. The van der Waals surface area contributed by atoms with Crippen molar-refractivity contribution in [3.63, 3.8) is 0 Å². The standard InChI is InChI=1S/C27H29ClN4O3/c1-3-5-6-10-17-29-26(33)25-21(27(34)32(30-25)20-11-8-7-9-12-20)14-16-24-31(4-2)22-18-19(28)13-15-23(22)35-24/h7-9,11-16,18H,3-6,10,17H2,1-2H3,(H,29,33)/b21-14-,24-16-. The maximum atomic E-state index is 13.3. The van der Waals surface area contributed by atoms with E-state index >= 15 is 0 Å². The zero-order valence-electron chi connectivity index (χ0n) is 20.0. The normalized spacial score (nSPS) is 17.1. The molecule has 0 bridgehead atoms. The number of hydrazone groups is 1. The van der Waals surface area contributed by atoms with E-state index in [0.29, 0.717) is 35.4 Å². The molecule has 0 spiro atoms. The quantitative estimate of drug-likeness (QED) is 0.374. The van der Waals surface area contributed by atoms with Crippen LogP contribution in [0.15, 0.2) is 77.2 Å². The number of benzene rings is 2. The van der Waals surface area contributed by atoms with E-state index in [4.69, 9.17) is 16.3 Å². The van der Waals surface area contributed by atoms with Gasteiger partial charge in [-0.2, -0.15) is 10.1 Å². The molecule has 0 radical (unpaired) electrons. The van der Waals surface area contributed by atoms with Gasteiger partial charge in [0, 0.05) is 18.1 Å². The van der Waals surface area contributed by atoms with Crippen LogP contribution in [0.4, 0.5) is 11.4 Å². The number of amides is 2. The molecule has 7 nitrogen and oxygen atoms in total. The molecule has 2 aliphatic heterocycles. The van der Waals surface area contributed by atoms with Crippen molar-refractivity contribution < 1.29 is 14.3 Å². The summed E-state index contributed by atoms with van der Waals surface area (Å²) < 4.78 is 5.99. The molecule has 2 aromatic rings. The summed E-state index contributed by atoms with van der Waals surface area (Å²) in [5.41, 5.74) is 1.75. The van der Waals surface area contributed by atoms with Crippen LogP contribution in [0.25, 0.3) is 0 Å². The van der Waals surface area contributed by atoms with Crippen LogP contribution >= 0.6 is 11.6 Å². The average molecular weight is 493 g/mol. The van der Waals surface area contributed by atoms with Gasteiger partial charge in [0.05, 0.1) is 16.9 Å². The van der Waals surface area contributed by atoms with Gasteiger partial charge in [-0.05, 0) is 55.8 Å². The molecular weight excluding hydrogens is 464 g/mol. The first-order chi connectivity index (χ1) is 17.0. The smallest absolute Gasteiger partial charge is 0.281 e. The van der Waals surface area contributed by atoms with Crippen LogP contribution in [-0.2, 0) is 9.59 Å². The summed E-state index contributed by atoms with van der Waals surface area (Å²) in [6.07, 6.45) is 7.47. The number of nitrogens with zero attached hydrogens (tertiary/aromatic N) is 3. The molecule has 0 atom stereocenters. The molecule has 2 heterocycles. The fourth-order valence-electron chi connectivity index (χ4n) is 3.99. The third kappa shape index (κ3) is 5.41. The van der Waals surface area contributed by atoms with Crippen molar-refractivity contribution >= 4 is 40.5 Å². The Morgan fingerprint density at radius 1 is 1.09 bits per heavy atom. The van der Waals surface area contributed by atoms with E-state index in [0.717, 1.165) is 31.4 Å². The van der Waals surface area contributed by atoms with E-state index < -0.39 is 0 Å². The Balaban J connectivity index is 1.61. The van der Waals surface area contributed by atoms with Crippen molar-refractivity contribution in [2.75, 3.05) is 23.0 Å². The lowest BCUT2D eigenvalue weighted by Gasteiger charge is -2.15. The van der Waals surface area contributed by atoms with Gasteiger partial charge in [-0.1, -0.05) is 56.0 Å². The monoisotopic (exact) mass is 492 g/mol. The van der Waals surface area contributed by atoms with Gasteiger partial charge in [0.15, 0.2) is 11.5 Å². The van der Waals surface area contributed by atoms with Crippen LogP contribution in [0, 0.1) is 0 Å². The van der Waals surface area contributed by atoms with Gasteiger partial charge < -0.3 is 15.0 Å². The molecule has 1 N–H and O–H groups in total. The van der Waals surface area contributed by atoms with E-state index in [2.05, 4.69) is 17.3 Å². The number of carbonyl (C=O) groups excluding carboxylic acids is 2. The van der Waals surface area contributed by atoms with Crippen molar-refractivity contribution in [1.82, 2.24) is 5.32 Å². The van der Waals surface area contributed by atoms with E-state index in [1.807, 2.05) is 42.2 Å². The molecule has 2 aromatic carbocycles. The number of allylic oxidation sites excluding steroid dienone is 2. The summed E-state index contributed by atoms with van der Waals surface area (Å²) in [5.74, 6) is 0.490. The zero-order valence-corrected chi connectivity index (χ0v) is 20.7. The first-order valence-electron chi connectivity index (χ1n) is 12.0. The van der Waals surface area contributed by atoms with Crippen LogP contribution in [-0.4, -0.2) is 30.6 Å². The van der Waals surface area contributed by atoms with Crippen molar-refractivity contribution in [2.45, 2.75) is 39.5 Å². The number of fused-ring (bicyclic) bond motifs is 1. The average Bonchev–Trinajstić information content (AvgIpc) is 3.39. The molecule has 2 amide bonds. The van der Waals surface area contributed by atoms with Crippen LogP contribution in [0.2, 0.25) is 5.02 Å². The number of rotatable bonds is 9. The van der Waals surface area contributed by atoms with Crippen LogP contribution in [0.1, 0.15) is 39.5 Å². The largest absolute Gasteiger partial charge is 0.439 e. The molecule has 0 saturated carbocycles. The first-order valence-corrected chi connectivity index (χ1v) is 12.3. The van der Waals surface area contributed by atoms with Crippen molar-refractivity contribution in [2.24, 2.45) is 5.10 Å². The molecule has 182 valence electrons. The predicted octanol–water partition coefficient (Wildman–Crippen LogP) is 5.43. The van der Waals surface area contributed by atoms with Crippen molar-refractivity contribution in [3.8, 4) is 5.75 Å². The Labute approximate surface area is 210 Å². The molecule has 0 aliphatic carbocycles. The Morgan fingerprint density at radius 2 is 1.89 bits per heavy atom. The van der Waals surface area contributed by atoms with Gasteiger partial charge in [-0.3, -0.25) is 9.59 Å². The number of unbranched alkanes of at least 4 members (excludes halogenated alkanes) is 3. The molecular formula is C27H29ClN4O3. The van der Waals surface area contributed by atoms with E-state index in [9.17, 15) is 9.59 Å². The van der Waals surface area contributed by atoms with Gasteiger partial charge in [0.25, 0.3) is 11.8 Å². The molecule has 0 fully saturated rings. The number of halogens is 1. The Morgan fingerprint density at radius 3 is 2.63 bits per heavy atom. The minimum atomic E-state index is -0.370. The summed E-state index contributed by atoms with van der Waals surface area (Å²) in [6.45, 7) is 5.32. The third-order valence-corrected chi connectivity index (χ3v) is 6.05. The van der Waals surface area contributed by atoms with Gasteiger partial charge in [0.2, 0.25) is 5.88 Å². The molecule has 0 aromatic heterocycles. The zero-order chi connectivity index (χ0) is 24.8. The highest BCUT2D eigenvalue weighted by atomic mass is 35.5. The number of carbonyl (C=O) groups is 2. The lowest BCUT2D eigenvalue weighted by Crippen LogP contribution is -2.32. The second kappa shape index (κ2) is 11.2. The van der Waals surface area contributed by atoms with Crippen LogP contribution in [0.3, 0.4) is 0 Å². The Bertz CT molecular complexity index is 1190. The van der Waals surface area contributed by atoms with Crippen molar-refractivity contribution in [3.05, 3.63) is 77.2 Å². The molecule has 0 saturated heterocycles. The van der Waals surface area contributed by atoms with Gasteiger partial charge in [-0.15, -0.1) is 0 Å². The van der Waals surface area contributed by atoms with Gasteiger partial charge in [-0.25, -0.2) is 0 Å². The molecule has 0 unspecified atom stereocenters. The fourth-order valence-corrected chi connectivity index (χ4v) is 4.16. The predicted molar refractivity (Wildman–Crippen MR) is 140 cm³/mol. The topological polar surface area (TPSA) is 74.2 Å². The maximum Gasteiger partial charge on any atom is 0.281 e. The summed E-state index contributed by atoms with van der Waals surface area (Å²) in [7, 11) is 0. The number of hydrogen-bond donors (Lipinski definition) is 1. The lowest BCUT2D eigenvalue weighted by atomic mass is 10.1. The minimum absolute atomic E-state index is 0.0906. The fraction of sp³-hybridized carbons (Fsp3) is 0.296. The summed E-state index contributed by atoms with van der Waals surface area (Å²) in [4.78, 5) is 28.3. The minimum Gasteiger partial charge on any atom is -0.439 e. The number of para-hydroxylation sites is 1.